The van der Waals surface area contributed by atoms with E-state index in [2.05, 4.69) is 44.9 Å². The number of alkyl halides is 1. The molecule has 1 unspecified atom stereocenters. The van der Waals surface area contributed by atoms with Gasteiger partial charge in [0.2, 0.25) is 0 Å². The van der Waals surface area contributed by atoms with Crippen molar-refractivity contribution in [3.8, 4) is 0 Å². The van der Waals surface area contributed by atoms with E-state index < -0.39 is 9.06 Å². The van der Waals surface area contributed by atoms with E-state index in [9.17, 15) is 0 Å². The van der Waals surface area contributed by atoms with Crippen LogP contribution in [0.5, 0.6) is 0 Å². The van der Waals surface area contributed by atoms with Crippen LogP contribution in [0.25, 0.3) is 0 Å². The van der Waals surface area contributed by atoms with E-state index >= 15 is 0 Å². The fourth-order valence-corrected chi connectivity index (χ4v) is 4.08. The van der Waals surface area contributed by atoms with Crippen molar-refractivity contribution >= 4 is 32.3 Å². The summed E-state index contributed by atoms with van der Waals surface area (Å²) in [4.78, 5) is 0. The second-order valence-electron chi connectivity index (χ2n) is 4.89. The third-order valence-electron chi connectivity index (χ3n) is 1.83. The molecule has 0 aromatic heterocycles. The maximum atomic E-state index is 5.93. The maximum Gasteiger partial charge on any atom is 0.0335 e. The van der Waals surface area contributed by atoms with Crippen LogP contribution in [0.3, 0.4) is 0 Å². The molecule has 0 aliphatic carbocycles. The quantitative estimate of drug-likeness (QED) is 0.422. The lowest BCUT2D eigenvalue weighted by Gasteiger charge is -2.37. The lowest BCUT2D eigenvalue weighted by molar-refractivity contribution is 0.378. The fraction of sp³-hybridized carbons (Fsp3) is 1.00. The molecule has 0 aromatic rings. The minimum Gasteiger partial charge on any atom is -0.197 e. The Balaban J connectivity index is 4.20. The van der Waals surface area contributed by atoms with Crippen molar-refractivity contribution < 1.29 is 0 Å². The van der Waals surface area contributed by atoms with Crippen molar-refractivity contribution in [3.05, 3.63) is 0 Å². The number of hydrogen-bond acceptors (Lipinski definition) is 1. The van der Waals surface area contributed by atoms with Crippen molar-refractivity contribution in [2.24, 2.45) is 5.41 Å². The highest BCUT2D eigenvalue weighted by atomic mass is 35.5. The first-order valence-electron chi connectivity index (χ1n) is 4.17. The van der Waals surface area contributed by atoms with Crippen molar-refractivity contribution in [2.45, 2.75) is 32.4 Å². The molecule has 0 amide bonds. The van der Waals surface area contributed by atoms with Gasteiger partial charge in [0.1, 0.15) is 0 Å². The molecule has 0 fully saturated rings. The summed E-state index contributed by atoms with van der Waals surface area (Å²) in [5.41, 5.74) is 0.368. The molecular formula is C9H21ClS2. The molecule has 0 radical (unpaired) electrons. The average molecular weight is 229 g/mol. The van der Waals surface area contributed by atoms with E-state index in [0.29, 0.717) is 10.7 Å². The van der Waals surface area contributed by atoms with Crippen LogP contribution < -0.4 is 0 Å². The van der Waals surface area contributed by atoms with E-state index in [0.717, 1.165) is 5.88 Å². The summed E-state index contributed by atoms with van der Waals surface area (Å²) in [5, 5.41) is 0.572. The first-order chi connectivity index (χ1) is 5.17. The fourth-order valence-electron chi connectivity index (χ4n) is 1.10. The van der Waals surface area contributed by atoms with Crippen LogP contribution in [0.15, 0.2) is 0 Å². The molecule has 76 valence electrons. The van der Waals surface area contributed by atoms with Gasteiger partial charge in [-0.15, -0.1) is 23.3 Å². The zero-order valence-corrected chi connectivity index (χ0v) is 11.2. The minimum absolute atomic E-state index is 0.368. The normalized spacial score (nSPS) is 17.6. The van der Waals surface area contributed by atoms with Crippen molar-refractivity contribution in [3.63, 3.8) is 0 Å². The van der Waals surface area contributed by atoms with E-state index in [-0.39, 0.29) is 0 Å². The number of thiol groups is 1. The van der Waals surface area contributed by atoms with E-state index in [1.165, 1.54) is 6.42 Å². The highest BCUT2D eigenvalue weighted by molar-refractivity contribution is 8.87. The molecule has 0 saturated carbocycles. The number of rotatable bonds is 3. The van der Waals surface area contributed by atoms with Crippen molar-refractivity contribution in [1.82, 2.24) is 0 Å². The third-order valence-corrected chi connectivity index (χ3v) is 5.24. The first-order valence-corrected chi connectivity index (χ1v) is 8.27. The lowest BCUT2D eigenvalue weighted by atomic mass is 9.91. The molecule has 0 nitrogen and oxygen atoms in total. The van der Waals surface area contributed by atoms with Crippen LogP contribution in [0, 0.1) is 5.41 Å². The van der Waals surface area contributed by atoms with Crippen molar-refractivity contribution in [2.75, 3.05) is 18.4 Å². The van der Waals surface area contributed by atoms with Gasteiger partial charge in [-0.3, -0.25) is 0 Å². The second kappa shape index (κ2) is 4.47. The van der Waals surface area contributed by atoms with E-state index in [1.54, 1.807) is 0 Å². The lowest BCUT2D eigenvalue weighted by Crippen LogP contribution is -2.22. The number of halogens is 1. The van der Waals surface area contributed by atoms with Gasteiger partial charge in [-0.2, -0.15) is 9.06 Å². The Labute approximate surface area is 88.6 Å². The topological polar surface area (TPSA) is 0 Å². The third kappa shape index (κ3) is 5.60. The largest absolute Gasteiger partial charge is 0.197 e. The first kappa shape index (κ1) is 13.0. The number of hydrogen-bond donors (Lipinski definition) is 1. The van der Waals surface area contributed by atoms with E-state index in [1.807, 2.05) is 0 Å². The van der Waals surface area contributed by atoms with Gasteiger partial charge >= 0.3 is 0 Å². The van der Waals surface area contributed by atoms with Crippen LogP contribution in [0.4, 0.5) is 0 Å². The van der Waals surface area contributed by atoms with Crippen LogP contribution in [-0.4, -0.2) is 23.6 Å². The Morgan fingerprint density at radius 1 is 1.33 bits per heavy atom. The predicted molar refractivity (Wildman–Crippen MR) is 67.0 cm³/mol. The highest BCUT2D eigenvalue weighted by Crippen LogP contribution is 2.53. The van der Waals surface area contributed by atoms with Gasteiger partial charge in [0.25, 0.3) is 0 Å². The summed E-state index contributed by atoms with van der Waals surface area (Å²) < 4.78 is 0. The second-order valence-corrected chi connectivity index (χ2v) is 11.4. The van der Waals surface area contributed by atoms with E-state index in [4.69, 9.17) is 11.6 Å². The smallest absolute Gasteiger partial charge is 0.0335 e. The molecule has 1 atom stereocenters. The summed E-state index contributed by atoms with van der Waals surface area (Å²) in [6.07, 6.45) is 5.60. The summed E-state index contributed by atoms with van der Waals surface area (Å²) >= 11 is 10.6. The summed E-state index contributed by atoms with van der Waals surface area (Å²) in [6, 6.07) is 0. The van der Waals surface area contributed by atoms with Crippen LogP contribution >= 0.6 is 32.3 Å². The molecule has 0 aliphatic heterocycles. The summed E-state index contributed by atoms with van der Waals surface area (Å²) in [7, 11) is -0.786. The Morgan fingerprint density at radius 3 is 1.83 bits per heavy atom. The van der Waals surface area contributed by atoms with Gasteiger partial charge in [0, 0.05) is 11.1 Å². The van der Waals surface area contributed by atoms with Gasteiger partial charge in [0.05, 0.1) is 0 Å². The molecule has 12 heavy (non-hydrogen) atoms. The standard InChI is InChI=1S/C9H21ClS2/c1-9(2,3)6-8(7-10)12(4,5)11/h8,11H,6-7H2,1-5H3. The highest BCUT2D eigenvalue weighted by Gasteiger charge is 2.25. The molecule has 3 heteroatoms. The van der Waals surface area contributed by atoms with Gasteiger partial charge in [-0.05, 0) is 24.3 Å². The zero-order chi connectivity index (χ0) is 9.99. The summed E-state index contributed by atoms with van der Waals surface area (Å²) in [6.45, 7) is 6.77. The van der Waals surface area contributed by atoms with Crippen molar-refractivity contribution in [1.29, 1.82) is 0 Å². The molecular weight excluding hydrogens is 208 g/mol. The van der Waals surface area contributed by atoms with Gasteiger partial charge < -0.3 is 0 Å². The molecule has 0 heterocycles. The Hall–Kier alpha value is 0.990. The monoisotopic (exact) mass is 228 g/mol. The Morgan fingerprint density at radius 2 is 1.75 bits per heavy atom. The van der Waals surface area contributed by atoms with Crippen LogP contribution in [-0.2, 0) is 0 Å². The van der Waals surface area contributed by atoms with Gasteiger partial charge in [0.15, 0.2) is 0 Å². The molecule has 0 saturated heterocycles. The molecule has 0 bridgehead atoms. The van der Waals surface area contributed by atoms with Gasteiger partial charge in [-0.1, -0.05) is 20.8 Å². The van der Waals surface area contributed by atoms with Crippen LogP contribution in [0.1, 0.15) is 27.2 Å². The molecule has 0 aliphatic rings. The molecule has 0 N–H and O–H groups in total. The zero-order valence-electron chi connectivity index (χ0n) is 8.72. The van der Waals surface area contributed by atoms with Crippen LogP contribution in [0.2, 0.25) is 0 Å². The predicted octanol–water partition coefficient (Wildman–Crippen LogP) is 3.94. The molecule has 0 aromatic carbocycles. The Bertz CT molecular complexity index is 132. The summed E-state index contributed by atoms with van der Waals surface area (Å²) in [5.74, 6) is 0.739. The Kier molecular flexibility index (Phi) is 4.84. The average Bonchev–Trinajstić information content (AvgIpc) is 1.78. The molecule has 0 rings (SSSR count). The maximum absolute atomic E-state index is 5.93. The van der Waals surface area contributed by atoms with Gasteiger partial charge in [-0.25, -0.2) is 0 Å². The molecule has 0 spiro atoms. The minimum atomic E-state index is -0.786. The SMILES string of the molecule is CC(C)(C)CC(CCl)S(C)(C)S.